The highest BCUT2D eigenvalue weighted by molar-refractivity contribution is 9.10. The third kappa shape index (κ3) is 2.32. The fourth-order valence-corrected chi connectivity index (χ4v) is 1.71. The molecule has 1 N–H and O–H groups in total. The molecule has 0 amide bonds. The van der Waals surface area contributed by atoms with Gasteiger partial charge in [0.25, 0.3) is 5.69 Å². The highest BCUT2D eigenvalue weighted by Crippen LogP contribution is 2.25. The summed E-state index contributed by atoms with van der Waals surface area (Å²) in [6.07, 6.45) is 1.50. The molecule has 8 heteroatoms. The van der Waals surface area contributed by atoms with Crippen molar-refractivity contribution in [2.75, 3.05) is 0 Å². The summed E-state index contributed by atoms with van der Waals surface area (Å²) in [6, 6.07) is 4.32. The molecule has 0 aliphatic carbocycles. The van der Waals surface area contributed by atoms with Crippen LogP contribution in [0.1, 0.15) is 5.69 Å². The van der Waals surface area contributed by atoms with Crippen LogP contribution in [0.3, 0.4) is 0 Å². The van der Waals surface area contributed by atoms with E-state index in [0.29, 0.717) is 15.9 Å². The highest BCUT2D eigenvalue weighted by atomic mass is 79.9. The minimum atomic E-state index is -0.486. The van der Waals surface area contributed by atoms with Crippen molar-refractivity contribution >= 4 is 21.6 Å². The first kappa shape index (κ1) is 11.7. The van der Waals surface area contributed by atoms with Gasteiger partial charge in [-0.25, -0.2) is 4.68 Å². The molecule has 0 saturated carbocycles. The van der Waals surface area contributed by atoms with Crippen LogP contribution < -0.4 is 0 Å². The van der Waals surface area contributed by atoms with Gasteiger partial charge in [-0.05, 0) is 22.0 Å². The molecule has 2 rings (SSSR count). The Kier molecular flexibility index (Phi) is 3.16. The van der Waals surface area contributed by atoms with Crippen molar-refractivity contribution in [1.82, 2.24) is 15.0 Å². The Bertz CT molecular complexity index is 569. The maximum atomic E-state index is 10.7. The molecule has 1 aromatic carbocycles. The fourth-order valence-electron chi connectivity index (χ4n) is 1.28. The van der Waals surface area contributed by atoms with E-state index in [2.05, 4.69) is 26.2 Å². The van der Waals surface area contributed by atoms with E-state index in [1.807, 2.05) is 0 Å². The predicted octanol–water partition coefficient (Wildman–Crippen LogP) is 1.43. The molecule has 0 aliphatic heterocycles. The van der Waals surface area contributed by atoms with Gasteiger partial charge < -0.3 is 5.11 Å². The van der Waals surface area contributed by atoms with Crippen molar-refractivity contribution in [2.24, 2.45) is 0 Å². The van der Waals surface area contributed by atoms with Crippen LogP contribution in [0.2, 0.25) is 0 Å². The molecular weight excluding hydrogens is 292 g/mol. The quantitative estimate of drug-likeness (QED) is 0.683. The number of nitro groups is 1. The fraction of sp³-hybridized carbons (Fsp3) is 0.111. The maximum absolute atomic E-state index is 10.7. The Morgan fingerprint density at radius 1 is 1.53 bits per heavy atom. The Hall–Kier alpha value is -1.80. The minimum absolute atomic E-state index is 0.0377. The summed E-state index contributed by atoms with van der Waals surface area (Å²) in [5.74, 6) is 0. The zero-order chi connectivity index (χ0) is 12.4. The lowest BCUT2D eigenvalue weighted by Gasteiger charge is -2.02. The van der Waals surface area contributed by atoms with Gasteiger partial charge in [-0.3, -0.25) is 10.1 Å². The van der Waals surface area contributed by atoms with Gasteiger partial charge in [0.1, 0.15) is 5.69 Å². The number of aromatic nitrogens is 3. The number of hydrogen-bond acceptors (Lipinski definition) is 5. The number of halogens is 1. The molecule has 17 heavy (non-hydrogen) atoms. The summed E-state index contributed by atoms with van der Waals surface area (Å²) in [5.41, 5.74) is 0.846. The average molecular weight is 299 g/mol. The van der Waals surface area contributed by atoms with Crippen molar-refractivity contribution < 1.29 is 10.0 Å². The van der Waals surface area contributed by atoms with Crippen LogP contribution in [0.15, 0.2) is 28.9 Å². The Morgan fingerprint density at radius 3 is 2.88 bits per heavy atom. The van der Waals surface area contributed by atoms with E-state index in [9.17, 15) is 10.1 Å². The van der Waals surface area contributed by atoms with E-state index in [1.54, 1.807) is 6.07 Å². The van der Waals surface area contributed by atoms with Crippen molar-refractivity contribution in [3.05, 3.63) is 44.7 Å². The van der Waals surface area contributed by atoms with Crippen molar-refractivity contribution in [2.45, 2.75) is 6.61 Å². The Labute approximate surface area is 104 Å². The molecule has 0 spiro atoms. The Balaban J connectivity index is 2.49. The number of aliphatic hydroxyl groups excluding tert-OH is 1. The maximum Gasteiger partial charge on any atom is 0.271 e. The minimum Gasteiger partial charge on any atom is -0.390 e. The van der Waals surface area contributed by atoms with Crippen LogP contribution in [0, 0.1) is 10.1 Å². The van der Waals surface area contributed by atoms with Gasteiger partial charge in [0, 0.05) is 16.6 Å². The first-order valence-corrected chi connectivity index (χ1v) is 5.37. The summed E-state index contributed by atoms with van der Waals surface area (Å²) < 4.78 is 2.01. The standard InChI is InChI=1S/C9H7BrN4O3/c10-8-2-1-7(14(16)17)3-9(8)13-4-6(5-15)11-12-13/h1-4,15H,5H2. The SMILES string of the molecule is O=[N+]([O-])c1ccc(Br)c(-n2cc(CO)nn2)c1. The van der Waals surface area contributed by atoms with Crippen LogP contribution in [0.25, 0.3) is 5.69 Å². The van der Waals surface area contributed by atoms with Gasteiger partial charge in [-0.15, -0.1) is 5.10 Å². The lowest BCUT2D eigenvalue weighted by Crippen LogP contribution is -1.98. The molecule has 0 radical (unpaired) electrons. The lowest BCUT2D eigenvalue weighted by molar-refractivity contribution is -0.384. The normalized spacial score (nSPS) is 10.5. The van der Waals surface area contributed by atoms with Gasteiger partial charge in [0.05, 0.1) is 23.4 Å². The molecule has 0 saturated heterocycles. The largest absolute Gasteiger partial charge is 0.390 e. The number of hydrogen-bond donors (Lipinski definition) is 1. The molecule has 2 aromatic rings. The monoisotopic (exact) mass is 298 g/mol. The molecule has 1 aromatic heterocycles. The molecule has 7 nitrogen and oxygen atoms in total. The van der Waals surface area contributed by atoms with Crippen LogP contribution in [0.4, 0.5) is 5.69 Å². The highest BCUT2D eigenvalue weighted by Gasteiger charge is 2.12. The first-order chi connectivity index (χ1) is 8.11. The first-order valence-electron chi connectivity index (χ1n) is 4.58. The topological polar surface area (TPSA) is 94.1 Å². The van der Waals surface area contributed by atoms with Crippen molar-refractivity contribution in [3.8, 4) is 5.69 Å². The van der Waals surface area contributed by atoms with Crippen LogP contribution in [0.5, 0.6) is 0 Å². The van der Waals surface area contributed by atoms with Crippen molar-refractivity contribution in [1.29, 1.82) is 0 Å². The van der Waals surface area contributed by atoms with E-state index in [1.165, 1.54) is 23.0 Å². The summed E-state index contributed by atoms with van der Waals surface area (Å²) in [6.45, 7) is -0.230. The third-order valence-corrected chi connectivity index (χ3v) is 2.76. The molecular formula is C9H7BrN4O3. The summed E-state index contributed by atoms with van der Waals surface area (Å²) in [5, 5.41) is 27.0. The van der Waals surface area contributed by atoms with Crippen LogP contribution >= 0.6 is 15.9 Å². The van der Waals surface area contributed by atoms with E-state index in [4.69, 9.17) is 5.11 Å². The van der Waals surface area contributed by atoms with Gasteiger partial charge >= 0.3 is 0 Å². The summed E-state index contributed by atoms with van der Waals surface area (Å²) in [4.78, 5) is 10.2. The number of rotatable bonds is 3. The average Bonchev–Trinajstić information content (AvgIpc) is 2.77. The summed E-state index contributed by atoms with van der Waals surface area (Å²) in [7, 11) is 0. The molecule has 0 aliphatic rings. The zero-order valence-corrected chi connectivity index (χ0v) is 10.0. The van der Waals surface area contributed by atoms with Crippen LogP contribution in [-0.4, -0.2) is 25.0 Å². The van der Waals surface area contributed by atoms with E-state index in [-0.39, 0.29) is 12.3 Å². The molecule has 0 atom stereocenters. The van der Waals surface area contributed by atoms with Crippen molar-refractivity contribution in [3.63, 3.8) is 0 Å². The number of aliphatic hydroxyl groups is 1. The zero-order valence-electron chi connectivity index (χ0n) is 8.45. The summed E-state index contributed by atoms with van der Waals surface area (Å²) >= 11 is 3.27. The molecule has 1 heterocycles. The smallest absolute Gasteiger partial charge is 0.271 e. The molecule has 0 unspecified atom stereocenters. The van der Waals surface area contributed by atoms with Gasteiger partial charge in [0.15, 0.2) is 0 Å². The van der Waals surface area contributed by atoms with E-state index < -0.39 is 4.92 Å². The second-order valence-corrected chi connectivity index (χ2v) is 4.06. The second kappa shape index (κ2) is 4.60. The van der Waals surface area contributed by atoms with Gasteiger partial charge in [-0.2, -0.15) is 0 Å². The number of nitrogens with zero attached hydrogens (tertiary/aromatic N) is 4. The van der Waals surface area contributed by atoms with E-state index in [0.717, 1.165) is 0 Å². The Morgan fingerprint density at radius 2 is 2.29 bits per heavy atom. The van der Waals surface area contributed by atoms with Gasteiger partial charge in [0.2, 0.25) is 0 Å². The molecule has 88 valence electrons. The molecule has 0 bridgehead atoms. The predicted molar refractivity (Wildman–Crippen MR) is 61.6 cm³/mol. The third-order valence-electron chi connectivity index (χ3n) is 2.09. The number of non-ortho nitro benzene ring substituents is 1. The molecule has 0 fully saturated rings. The lowest BCUT2D eigenvalue weighted by atomic mass is 10.3. The number of benzene rings is 1. The second-order valence-electron chi connectivity index (χ2n) is 3.21. The number of nitro benzene ring substituents is 1. The van der Waals surface area contributed by atoms with Crippen LogP contribution in [-0.2, 0) is 6.61 Å². The van der Waals surface area contributed by atoms with Gasteiger partial charge in [-0.1, -0.05) is 5.21 Å². The van der Waals surface area contributed by atoms with E-state index >= 15 is 0 Å².